The highest BCUT2D eigenvalue weighted by atomic mass is 32.3. The molecule has 0 aliphatic carbocycles. The summed E-state index contributed by atoms with van der Waals surface area (Å²) in [6, 6.07) is 0. The molecule has 0 aromatic carbocycles. The Morgan fingerprint density at radius 2 is 1.95 bits per heavy atom. The maximum absolute atomic E-state index is 10.4. The van der Waals surface area contributed by atoms with Gasteiger partial charge in [-0.3, -0.25) is 4.18 Å². The standard InChI is InChI=1S/C9H18O9S2/c10-1-7(18-20(15,16)17)5(12)3-19-4-6(13)9(14)8(19)2-11/h5-14H,1-4H2/t5?,6-,7+,8-,9+,19?/m1/s1. The van der Waals surface area contributed by atoms with Crippen molar-refractivity contribution < 1.29 is 42.7 Å². The van der Waals surface area contributed by atoms with Crippen LogP contribution in [0.3, 0.4) is 0 Å². The van der Waals surface area contributed by atoms with E-state index in [2.05, 4.69) is 4.18 Å². The van der Waals surface area contributed by atoms with Crippen molar-refractivity contribution in [2.24, 2.45) is 0 Å². The van der Waals surface area contributed by atoms with Crippen molar-refractivity contribution in [3.63, 3.8) is 0 Å². The van der Waals surface area contributed by atoms with Gasteiger partial charge in [0.2, 0.25) is 10.4 Å². The molecule has 120 valence electrons. The quantitative estimate of drug-likeness (QED) is 0.176. The second-order valence-corrected chi connectivity index (χ2v) is 7.80. The molecular formula is C9H18O9S2. The van der Waals surface area contributed by atoms with Crippen LogP contribution >= 0.6 is 0 Å². The summed E-state index contributed by atoms with van der Waals surface area (Å²) < 4.78 is 35.4. The van der Waals surface area contributed by atoms with Crippen molar-refractivity contribution >= 4 is 21.3 Å². The molecule has 1 rings (SSSR count). The number of aliphatic hydroxyl groups excluding tert-OH is 5. The molecule has 1 aliphatic rings. The van der Waals surface area contributed by atoms with Crippen LogP contribution in [-0.2, 0) is 25.5 Å². The van der Waals surface area contributed by atoms with Crippen LogP contribution < -0.4 is 0 Å². The fourth-order valence-corrected chi connectivity index (χ4v) is 5.18. The third kappa shape index (κ3) is 4.79. The van der Waals surface area contributed by atoms with Crippen LogP contribution in [0.25, 0.3) is 0 Å². The minimum Gasteiger partial charge on any atom is -0.726 e. The number of aliphatic hydroxyl groups is 5. The molecular weight excluding hydrogens is 316 g/mol. The van der Waals surface area contributed by atoms with Crippen LogP contribution in [0.4, 0.5) is 0 Å². The molecule has 5 N–H and O–H groups in total. The lowest BCUT2D eigenvalue weighted by atomic mass is 10.2. The summed E-state index contributed by atoms with van der Waals surface area (Å²) in [7, 11) is -5.86. The van der Waals surface area contributed by atoms with Crippen molar-refractivity contribution in [1.82, 2.24) is 0 Å². The van der Waals surface area contributed by atoms with Crippen molar-refractivity contribution in [1.29, 1.82) is 0 Å². The van der Waals surface area contributed by atoms with E-state index in [0.29, 0.717) is 0 Å². The van der Waals surface area contributed by atoms with Gasteiger partial charge < -0.3 is 30.1 Å². The average Bonchev–Trinajstić information content (AvgIpc) is 2.60. The zero-order valence-electron chi connectivity index (χ0n) is 10.4. The van der Waals surface area contributed by atoms with E-state index in [0.717, 1.165) is 0 Å². The molecule has 11 heteroatoms. The van der Waals surface area contributed by atoms with E-state index in [-0.39, 0.29) is 11.5 Å². The van der Waals surface area contributed by atoms with Gasteiger partial charge in [-0.05, 0) is 0 Å². The third-order valence-electron chi connectivity index (χ3n) is 3.00. The van der Waals surface area contributed by atoms with Gasteiger partial charge in [0.05, 0.1) is 13.2 Å². The highest BCUT2D eigenvalue weighted by Gasteiger charge is 2.50. The Balaban J connectivity index is 2.66. The Kier molecular flexibility index (Phi) is 6.63. The number of hydrogen-bond donors (Lipinski definition) is 5. The first-order valence-corrected chi connectivity index (χ1v) is 8.71. The molecule has 0 saturated carbocycles. The van der Waals surface area contributed by atoms with E-state index in [1.807, 2.05) is 0 Å². The van der Waals surface area contributed by atoms with E-state index in [1.54, 1.807) is 0 Å². The normalized spacial score (nSPS) is 34.1. The van der Waals surface area contributed by atoms with Crippen LogP contribution in [0.1, 0.15) is 0 Å². The zero-order valence-corrected chi connectivity index (χ0v) is 12.0. The highest BCUT2D eigenvalue weighted by molar-refractivity contribution is 7.97. The summed E-state index contributed by atoms with van der Waals surface area (Å²) in [4.78, 5) is 0. The fourth-order valence-electron chi connectivity index (χ4n) is 1.99. The predicted molar refractivity (Wildman–Crippen MR) is 67.6 cm³/mol. The first kappa shape index (κ1) is 18.1. The maximum Gasteiger partial charge on any atom is 0.218 e. The molecule has 0 aromatic rings. The maximum atomic E-state index is 10.4. The Hall–Kier alpha value is 0.0200. The van der Waals surface area contributed by atoms with Gasteiger partial charge in [-0.15, -0.1) is 0 Å². The molecule has 9 nitrogen and oxygen atoms in total. The van der Waals surface area contributed by atoms with Crippen molar-refractivity contribution in [2.45, 2.75) is 29.7 Å². The van der Waals surface area contributed by atoms with Gasteiger partial charge in [0.15, 0.2) is 5.25 Å². The van der Waals surface area contributed by atoms with E-state index >= 15 is 0 Å². The third-order valence-corrected chi connectivity index (χ3v) is 6.31. The lowest BCUT2D eigenvalue weighted by Gasteiger charge is -2.22. The monoisotopic (exact) mass is 334 g/mol. The highest BCUT2D eigenvalue weighted by Crippen LogP contribution is 2.25. The van der Waals surface area contributed by atoms with Crippen LogP contribution in [0.2, 0.25) is 0 Å². The molecule has 20 heavy (non-hydrogen) atoms. The lowest BCUT2D eigenvalue weighted by molar-refractivity contribution is 0.0105. The Morgan fingerprint density at radius 1 is 1.35 bits per heavy atom. The molecule has 0 bridgehead atoms. The summed E-state index contributed by atoms with van der Waals surface area (Å²) in [6.07, 6.45) is -5.26. The topological polar surface area (TPSA) is 168 Å². The van der Waals surface area contributed by atoms with Crippen molar-refractivity contribution in [3.05, 3.63) is 0 Å². The van der Waals surface area contributed by atoms with Crippen LogP contribution in [0.15, 0.2) is 0 Å². The second-order valence-electron chi connectivity index (χ2n) is 4.44. The molecule has 0 aromatic heterocycles. The minimum absolute atomic E-state index is 0.111. The van der Waals surface area contributed by atoms with Crippen LogP contribution in [0, 0.1) is 0 Å². The van der Waals surface area contributed by atoms with Crippen molar-refractivity contribution in [2.75, 3.05) is 24.7 Å². The van der Waals surface area contributed by atoms with E-state index in [4.69, 9.17) is 10.2 Å². The Bertz CT molecular complexity index is 400. The predicted octanol–water partition coefficient (Wildman–Crippen LogP) is -4.10. The molecule has 1 heterocycles. The van der Waals surface area contributed by atoms with Gasteiger partial charge in [-0.1, -0.05) is 0 Å². The van der Waals surface area contributed by atoms with E-state index < -0.39 is 64.2 Å². The van der Waals surface area contributed by atoms with Crippen LogP contribution in [0.5, 0.6) is 0 Å². The van der Waals surface area contributed by atoms with Crippen LogP contribution in [-0.4, -0.2) is 92.9 Å². The molecule has 1 aliphatic heterocycles. The van der Waals surface area contributed by atoms with Gasteiger partial charge >= 0.3 is 0 Å². The van der Waals surface area contributed by atoms with Crippen molar-refractivity contribution in [3.8, 4) is 0 Å². The average molecular weight is 334 g/mol. The first-order valence-electron chi connectivity index (χ1n) is 5.76. The van der Waals surface area contributed by atoms with E-state index in [1.165, 1.54) is 0 Å². The fraction of sp³-hybridized carbons (Fsp3) is 1.00. The number of hydrogen-bond acceptors (Lipinski definition) is 9. The summed E-state index contributed by atoms with van der Waals surface area (Å²) in [6.45, 7) is -1.28. The van der Waals surface area contributed by atoms with Gasteiger partial charge in [0.1, 0.15) is 35.9 Å². The summed E-state index contributed by atoms with van der Waals surface area (Å²) in [5.74, 6) is 0.0197. The number of rotatable bonds is 7. The molecule has 6 atom stereocenters. The molecule has 2 unspecified atom stereocenters. The Labute approximate surface area is 119 Å². The smallest absolute Gasteiger partial charge is 0.218 e. The summed E-state index contributed by atoms with van der Waals surface area (Å²) in [5, 5.41) is 46.3. The molecule has 0 radical (unpaired) electrons. The first-order chi connectivity index (χ1) is 9.19. The largest absolute Gasteiger partial charge is 0.726 e. The van der Waals surface area contributed by atoms with Gasteiger partial charge in [-0.2, -0.15) is 0 Å². The lowest BCUT2D eigenvalue weighted by Crippen LogP contribution is -2.42. The summed E-state index contributed by atoms with van der Waals surface area (Å²) >= 11 is 0. The summed E-state index contributed by atoms with van der Waals surface area (Å²) in [5.41, 5.74) is 0. The molecule has 0 spiro atoms. The minimum atomic E-state index is -5.07. The molecule has 1 fully saturated rings. The van der Waals surface area contributed by atoms with E-state index in [9.17, 15) is 28.3 Å². The zero-order chi connectivity index (χ0) is 15.5. The van der Waals surface area contributed by atoms with Gasteiger partial charge in [-0.25, -0.2) is 8.42 Å². The second kappa shape index (κ2) is 7.33. The SMILES string of the molecule is O=S(=O)([O-])O[C@@H](CO)C(O)C[S+]1C[C@@H](O)[C@H](O)[C@H]1CO. The molecule has 0 amide bonds. The molecule has 1 saturated heterocycles. The Morgan fingerprint density at radius 3 is 2.40 bits per heavy atom. The van der Waals surface area contributed by atoms with Gasteiger partial charge in [0.25, 0.3) is 0 Å². The van der Waals surface area contributed by atoms with Gasteiger partial charge in [0, 0.05) is 10.9 Å².